The molecule has 0 aromatic heterocycles. The van der Waals surface area contributed by atoms with E-state index in [1.807, 2.05) is 22.4 Å². The molecule has 9 heteroatoms. The second-order valence-corrected chi connectivity index (χ2v) is 8.79. The topological polar surface area (TPSA) is 71.0 Å². The predicted octanol–water partition coefficient (Wildman–Crippen LogP) is 4.93. The Hall–Kier alpha value is -3.10. The van der Waals surface area contributed by atoms with Crippen molar-refractivity contribution < 1.29 is 18.7 Å². The Morgan fingerprint density at radius 2 is 2.00 bits per heavy atom. The van der Waals surface area contributed by atoms with Crippen LogP contribution in [0.1, 0.15) is 30.5 Å². The maximum Gasteiger partial charge on any atom is 0.338 e. The largest absolute Gasteiger partial charge is 0.466 e. The molecule has 0 bridgehead atoms. The van der Waals surface area contributed by atoms with Crippen LogP contribution in [-0.4, -0.2) is 29.1 Å². The smallest absolute Gasteiger partial charge is 0.338 e. The van der Waals surface area contributed by atoms with Gasteiger partial charge in [0.2, 0.25) is 5.91 Å². The van der Waals surface area contributed by atoms with Gasteiger partial charge < -0.3 is 15.0 Å². The molecule has 2 aromatic carbocycles. The molecule has 2 aliphatic heterocycles. The average Bonchev–Trinajstić information content (AvgIpc) is 3.19. The van der Waals surface area contributed by atoms with Gasteiger partial charge >= 0.3 is 5.97 Å². The number of esters is 1. The van der Waals surface area contributed by atoms with Gasteiger partial charge in [-0.3, -0.25) is 4.79 Å². The average molecular weight is 486 g/mol. The number of hydrogen-bond acceptors (Lipinski definition) is 6. The summed E-state index contributed by atoms with van der Waals surface area (Å²) in [4.78, 5) is 31.9. The first kappa shape index (κ1) is 23.1. The number of methoxy groups -OCH3 is 1. The Bertz CT molecular complexity index is 1190. The summed E-state index contributed by atoms with van der Waals surface area (Å²) in [5.41, 5.74) is 3.23. The lowest BCUT2D eigenvalue weighted by molar-refractivity contribution is -0.136. The zero-order valence-corrected chi connectivity index (χ0v) is 19.5. The van der Waals surface area contributed by atoms with Gasteiger partial charge in [0.25, 0.3) is 0 Å². The molecule has 0 radical (unpaired) electrons. The molecule has 2 aromatic rings. The number of nitrogens with zero attached hydrogens (tertiary/aromatic N) is 2. The van der Waals surface area contributed by atoms with E-state index >= 15 is 0 Å². The molecule has 2 aliphatic rings. The maximum absolute atomic E-state index is 13.1. The molecule has 2 heterocycles. The Morgan fingerprint density at radius 3 is 2.70 bits per heavy atom. The Morgan fingerprint density at radius 1 is 1.24 bits per heavy atom. The number of aliphatic imine (C=N–C) groups is 1. The quantitative estimate of drug-likeness (QED) is 0.587. The van der Waals surface area contributed by atoms with Crippen LogP contribution in [0.4, 0.5) is 4.39 Å². The molecule has 0 saturated heterocycles. The lowest BCUT2D eigenvalue weighted by atomic mass is 9.94. The molecule has 0 aliphatic carbocycles. The number of ether oxygens (including phenoxy) is 1. The number of carbonyl (C=O) groups excluding carboxylic acids is 2. The SMILES string of the molecule is COC(=O)C1=C(C)N=C2SC=C(CC(=O)NCc3ccc(F)cc3)N2C1c1cccc(Cl)c1. The summed E-state index contributed by atoms with van der Waals surface area (Å²) >= 11 is 7.64. The number of hydrogen-bond donors (Lipinski definition) is 1. The highest BCUT2D eigenvalue weighted by Gasteiger charge is 2.41. The molecule has 6 nitrogen and oxygen atoms in total. The number of fused-ring (bicyclic) bond motifs is 1. The predicted molar refractivity (Wildman–Crippen MR) is 127 cm³/mol. The number of benzene rings is 2. The van der Waals surface area contributed by atoms with Gasteiger partial charge in [-0.05, 0) is 47.7 Å². The van der Waals surface area contributed by atoms with Gasteiger partial charge in [-0.1, -0.05) is 47.6 Å². The monoisotopic (exact) mass is 485 g/mol. The zero-order valence-electron chi connectivity index (χ0n) is 18.0. The van der Waals surface area contributed by atoms with E-state index in [1.165, 1.54) is 31.0 Å². The third-order valence-electron chi connectivity index (χ3n) is 5.31. The van der Waals surface area contributed by atoms with E-state index in [-0.39, 0.29) is 24.7 Å². The van der Waals surface area contributed by atoms with Gasteiger partial charge in [0.05, 0.1) is 30.8 Å². The van der Waals surface area contributed by atoms with Crippen molar-refractivity contribution in [2.24, 2.45) is 4.99 Å². The van der Waals surface area contributed by atoms with E-state index in [9.17, 15) is 14.0 Å². The highest BCUT2D eigenvalue weighted by molar-refractivity contribution is 8.16. The summed E-state index contributed by atoms with van der Waals surface area (Å²) in [5.74, 6) is -1.02. The van der Waals surface area contributed by atoms with Gasteiger partial charge in [-0.2, -0.15) is 0 Å². The van der Waals surface area contributed by atoms with E-state index in [2.05, 4.69) is 10.3 Å². The lowest BCUT2D eigenvalue weighted by Gasteiger charge is -2.36. The normalized spacial score (nSPS) is 17.3. The highest BCUT2D eigenvalue weighted by atomic mass is 35.5. The van der Waals surface area contributed by atoms with E-state index in [0.717, 1.165) is 11.1 Å². The van der Waals surface area contributed by atoms with Crippen LogP contribution in [-0.2, 0) is 20.9 Å². The summed E-state index contributed by atoms with van der Waals surface area (Å²) in [6.45, 7) is 2.05. The number of rotatable bonds is 6. The maximum atomic E-state index is 13.1. The minimum absolute atomic E-state index is 0.0811. The molecule has 1 unspecified atom stereocenters. The number of carbonyl (C=O) groups is 2. The van der Waals surface area contributed by atoms with Crippen molar-refractivity contribution in [2.45, 2.75) is 25.9 Å². The fraction of sp³-hybridized carbons (Fsp3) is 0.208. The van der Waals surface area contributed by atoms with Crippen LogP contribution in [0.25, 0.3) is 0 Å². The highest BCUT2D eigenvalue weighted by Crippen LogP contribution is 2.45. The van der Waals surface area contributed by atoms with Gasteiger partial charge in [0.1, 0.15) is 5.82 Å². The summed E-state index contributed by atoms with van der Waals surface area (Å²) in [6, 6.07) is 12.7. The van der Waals surface area contributed by atoms with Crippen LogP contribution in [0.3, 0.4) is 0 Å². The molecule has 1 amide bonds. The van der Waals surface area contributed by atoms with E-state index in [1.54, 1.807) is 31.2 Å². The first-order valence-corrected chi connectivity index (χ1v) is 11.4. The summed E-state index contributed by atoms with van der Waals surface area (Å²) in [5, 5.41) is 5.93. The first-order valence-electron chi connectivity index (χ1n) is 10.2. The van der Waals surface area contributed by atoms with E-state index in [0.29, 0.717) is 27.2 Å². The van der Waals surface area contributed by atoms with Crippen LogP contribution in [0.15, 0.2) is 75.9 Å². The third-order valence-corrected chi connectivity index (χ3v) is 6.44. The Balaban J connectivity index is 1.59. The van der Waals surface area contributed by atoms with Crippen LogP contribution >= 0.6 is 23.4 Å². The molecule has 1 N–H and O–H groups in total. The number of amidine groups is 1. The zero-order chi connectivity index (χ0) is 23.5. The molecule has 170 valence electrons. The van der Waals surface area contributed by atoms with Gasteiger partial charge in [0, 0.05) is 17.3 Å². The van der Waals surface area contributed by atoms with E-state index < -0.39 is 12.0 Å². The number of allylic oxidation sites excluding steroid dienone is 1. The number of nitrogens with one attached hydrogen (secondary N) is 1. The molecular weight excluding hydrogens is 465 g/mol. The molecule has 1 atom stereocenters. The molecule has 0 fully saturated rings. The number of halogens is 2. The lowest BCUT2D eigenvalue weighted by Crippen LogP contribution is -2.37. The van der Waals surface area contributed by atoms with Gasteiger partial charge in [0.15, 0.2) is 5.17 Å². The van der Waals surface area contributed by atoms with Crippen molar-refractivity contribution in [3.05, 3.63) is 92.9 Å². The van der Waals surface area contributed by atoms with Crippen molar-refractivity contribution in [2.75, 3.05) is 7.11 Å². The van der Waals surface area contributed by atoms with Crippen LogP contribution in [0.2, 0.25) is 5.02 Å². The second kappa shape index (κ2) is 9.80. The van der Waals surface area contributed by atoms with Crippen molar-refractivity contribution in [1.29, 1.82) is 0 Å². The van der Waals surface area contributed by atoms with Crippen LogP contribution in [0.5, 0.6) is 0 Å². The van der Waals surface area contributed by atoms with Crippen molar-refractivity contribution in [3.8, 4) is 0 Å². The van der Waals surface area contributed by atoms with Crippen molar-refractivity contribution in [1.82, 2.24) is 10.2 Å². The standard InChI is InChI=1S/C24H21ClFN3O3S/c1-14-21(23(31)32-2)22(16-4-3-5-17(25)10-16)29-19(13-33-24(29)28-14)11-20(30)27-12-15-6-8-18(26)9-7-15/h3-10,13,22H,11-12H2,1-2H3,(H,27,30). The number of amides is 1. The Kier molecular flexibility index (Phi) is 6.85. The molecule has 0 spiro atoms. The van der Waals surface area contributed by atoms with Crippen molar-refractivity contribution >= 4 is 40.4 Å². The third kappa shape index (κ3) is 4.96. The summed E-state index contributed by atoms with van der Waals surface area (Å²) in [6.07, 6.45) is 0.0811. The van der Waals surface area contributed by atoms with Gasteiger partial charge in [-0.25, -0.2) is 14.2 Å². The molecule has 4 rings (SSSR count). The molecule has 0 saturated carbocycles. The number of thioether (sulfide) groups is 1. The second-order valence-electron chi connectivity index (χ2n) is 7.52. The molecular formula is C24H21ClFN3O3S. The summed E-state index contributed by atoms with van der Waals surface area (Å²) in [7, 11) is 1.33. The Labute approximate surface area is 200 Å². The van der Waals surface area contributed by atoms with Crippen molar-refractivity contribution in [3.63, 3.8) is 0 Å². The van der Waals surface area contributed by atoms with Gasteiger partial charge in [-0.15, -0.1) is 0 Å². The minimum atomic E-state index is -0.533. The summed E-state index contributed by atoms with van der Waals surface area (Å²) < 4.78 is 18.1. The van der Waals surface area contributed by atoms with E-state index in [4.69, 9.17) is 16.3 Å². The first-order chi connectivity index (χ1) is 15.9. The molecule has 33 heavy (non-hydrogen) atoms. The van der Waals surface area contributed by atoms with Crippen LogP contribution < -0.4 is 5.32 Å². The van der Waals surface area contributed by atoms with Crippen LogP contribution in [0, 0.1) is 5.82 Å². The fourth-order valence-electron chi connectivity index (χ4n) is 3.76. The fourth-order valence-corrected chi connectivity index (χ4v) is 4.93. The minimum Gasteiger partial charge on any atom is -0.466 e.